The lowest BCUT2D eigenvalue weighted by Gasteiger charge is -2.22. The fraction of sp³-hybridized carbons (Fsp3) is 0.333. The molecule has 152 valence electrons. The molecule has 1 aliphatic rings. The predicted octanol–water partition coefficient (Wildman–Crippen LogP) is 3.42. The quantitative estimate of drug-likeness (QED) is 0.536. The number of likely N-dealkylation sites (N-methyl/N-ethyl adjacent to an activating group) is 1. The monoisotopic (exact) mass is 391 g/mol. The van der Waals surface area contributed by atoms with Crippen molar-refractivity contribution in [2.75, 3.05) is 38.1 Å². The van der Waals surface area contributed by atoms with Crippen molar-refractivity contribution in [2.45, 2.75) is 12.8 Å². The minimum Gasteiger partial charge on any atom is -0.370 e. The molecule has 0 bridgehead atoms. The Morgan fingerprint density at radius 3 is 2.31 bits per heavy atom. The third-order valence-corrected chi connectivity index (χ3v) is 5.21. The number of carbonyl (C=O) groups excluding carboxylic acids is 2. The van der Waals surface area contributed by atoms with E-state index in [9.17, 15) is 9.59 Å². The van der Waals surface area contributed by atoms with Crippen LogP contribution in [0, 0.1) is 0 Å². The second kappa shape index (κ2) is 10.0. The second-order valence-electron chi connectivity index (χ2n) is 7.56. The summed E-state index contributed by atoms with van der Waals surface area (Å²) < 4.78 is 1.92. The molecular weight excluding hydrogens is 362 g/mol. The zero-order valence-electron chi connectivity index (χ0n) is 17.3. The smallest absolute Gasteiger partial charge is 0.163 e. The molecule has 1 aromatic heterocycles. The largest absolute Gasteiger partial charge is 0.370 e. The van der Waals surface area contributed by atoms with E-state index >= 15 is 0 Å². The van der Waals surface area contributed by atoms with Crippen molar-refractivity contribution in [3.05, 3.63) is 66.0 Å². The number of nitrogens with zero attached hydrogens (tertiary/aromatic N) is 3. The number of ketones is 2. The first-order chi connectivity index (χ1) is 14.0. The molecule has 0 aliphatic carbocycles. The van der Waals surface area contributed by atoms with Gasteiger partial charge in [-0.1, -0.05) is 18.2 Å². The molecule has 0 spiro atoms. The molecule has 1 aliphatic heterocycles. The Labute approximate surface area is 172 Å². The lowest BCUT2D eigenvalue weighted by atomic mass is 10.1. The molecule has 0 radical (unpaired) electrons. The third kappa shape index (κ3) is 6.29. The lowest BCUT2D eigenvalue weighted by Crippen LogP contribution is -2.28. The van der Waals surface area contributed by atoms with Gasteiger partial charge in [0, 0.05) is 44.3 Å². The number of hydrogen-bond donors (Lipinski definition) is 0. The summed E-state index contributed by atoms with van der Waals surface area (Å²) in [4.78, 5) is 28.8. The minimum absolute atomic E-state index is 0.114. The Kier molecular flexibility index (Phi) is 7.19. The van der Waals surface area contributed by atoms with Crippen LogP contribution >= 0.6 is 0 Å². The summed E-state index contributed by atoms with van der Waals surface area (Å²) in [6, 6.07) is 12.1. The van der Waals surface area contributed by atoms with Crippen LogP contribution in [0.5, 0.6) is 0 Å². The topological polar surface area (TPSA) is 45.6 Å². The third-order valence-electron chi connectivity index (χ3n) is 5.21. The molecule has 0 N–H and O–H groups in total. The van der Waals surface area contributed by atoms with E-state index in [0.717, 1.165) is 37.4 Å². The van der Waals surface area contributed by atoms with E-state index in [0.29, 0.717) is 0 Å². The standard InChI is InChI=1S/C24H29N3O2/c1-25-14-4-16-27(18-17-25)22-9-6-20(7-10-22)8-12-23(28)19-24(29)13-11-21-5-3-15-26(21)2/h3,5-13,15H,4,14,16-19H2,1-2H3/b12-8+,13-11+. The number of allylic oxidation sites excluding steroid dienone is 2. The molecule has 5 heteroatoms. The van der Waals surface area contributed by atoms with Crippen molar-refractivity contribution < 1.29 is 9.59 Å². The zero-order chi connectivity index (χ0) is 20.6. The van der Waals surface area contributed by atoms with E-state index in [1.165, 1.54) is 24.3 Å². The first-order valence-corrected chi connectivity index (χ1v) is 10.1. The summed E-state index contributed by atoms with van der Waals surface area (Å²) >= 11 is 0. The van der Waals surface area contributed by atoms with Gasteiger partial charge in [0.1, 0.15) is 0 Å². The predicted molar refractivity (Wildman–Crippen MR) is 119 cm³/mol. The summed E-state index contributed by atoms with van der Waals surface area (Å²) in [6.45, 7) is 4.31. The van der Waals surface area contributed by atoms with E-state index in [1.807, 2.05) is 42.1 Å². The summed E-state index contributed by atoms with van der Waals surface area (Å²) in [5.41, 5.74) is 3.10. The van der Waals surface area contributed by atoms with E-state index in [4.69, 9.17) is 0 Å². The fourth-order valence-electron chi connectivity index (χ4n) is 3.41. The minimum atomic E-state index is -0.192. The van der Waals surface area contributed by atoms with Crippen LogP contribution in [0.4, 0.5) is 5.69 Å². The highest BCUT2D eigenvalue weighted by Crippen LogP contribution is 2.18. The molecular formula is C24H29N3O2. The molecule has 2 aromatic rings. The van der Waals surface area contributed by atoms with Gasteiger partial charge in [-0.3, -0.25) is 9.59 Å². The van der Waals surface area contributed by atoms with Crippen LogP contribution in [0.25, 0.3) is 12.2 Å². The van der Waals surface area contributed by atoms with Gasteiger partial charge < -0.3 is 14.4 Å². The van der Waals surface area contributed by atoms with Crippen molar-refractivity contribution >= 4 is 29.4 Å². The Morgan fingerprint density at radius 1 is 0.897 bits per heavy atom. The van der Waals surface area contributed by atoms with Gasteiger partial charge in [-0.15, -0.1) is 0 Å². The van der Waals surface area contributed by atoms with Gasteiger partial charge in [-0.05, 0) is 68.1 Å². The highest BCUT2D eigenvalue weighted by molar-refractivity contribution is 6.10. The summed E-state index contributed by atoms with van der Waals surface area (Å²) in [6.07, 6.45) is 9.43. The molecule has 1 aromatic carbocycles. The number of rotatable bonds is 7. The number of anilines is 1. The molecule has 0 atom stereocenters. The van der Waals surface area contributed by atoms with Crippen molar-refractivity contribution in [1.82, 2.24) is 9.47 Å². The fourth-order valence-corrected chi connectivity index (χ4v) is 3.41. The Morgan fingerprint density at radius 2 is 1.62 bits per heavy atom. The number of aryl methyl sites for hydroxylation is 1. The van der Waals surface area contributed by atoms with Crippen LogP contribution in [0.15, 0.2) is 54.7 Å². The molecule has 29 heavy (non-hydrogen) atoms. The van der Waals surface area contributed by atoms with Gasteiger partial charge in [-0.2, -0.15) is 0 Å². The Hall–Kier alpha value is -2.92. The SMILES string of the molecule is CN1CCCN(c2ccc(/C=C/C(=O)CC(=O)/C=C/c3cccn3C)cc2)CC1. The molecule has 0 saturated carbocycles. The van der Waals surface area contributed by atoms with Crippen LogP contribution in [0.1, 0.15) is 24.1 Å². The first-order valence-electron chi connectivity index (χ1n) is 10.1. The summed E-state index contributed by atoms with van der Waals surface area (Å²) in [5, 5.41) is 0. The van der Waals surface area contributed by atoms with E-state index < -0.39 is 0 Å². The maximum Gasteiger partial charge on any atom is 0.163 e. The highest BCUT2D eigenvalue weighted by Gasteiger charge is 2.12. The van der Waals surface area contributed by atoms with Crippen LogP contribution < -0.4 is 4.90 Å². The molecule has 5 nitrogen and oxygen atoms in total. The molecule has 0 unspecified atom stereocenters. The van der Waals surface area contributed by atoms with Crippen LogP contribution in [-0.4, -0.2) is 54.3 Å². The van der Waals surface area contributed by atoms with Gasteiger partial charge in [-0.25, -0.2) is 0 Å². The van der Waals surface area contributed by atoms with Crippen LogP contribution in [0.3, 0.4) is 0 Å². The van der Waals surface area contributed by atoms with Gasteiger partial charge in [0.25, 0.3) is 0 Å². The van der Waals surface area contributed by atoms with Crippen molar-refractivity contribution in [3.8, 4) is 0 Å². The Bertz CT molecular complexity index is 893. The van der Waals surface area contributed by atoms with E-state index in [2.05, 4.69) is 29.0 Å². The Balaban J connectivity index is 1.51. The number of hydrogen-bond acceptors (Lipinski definition) is 4. The zero-order valence-corrected chi connectivity index (χ0v) is 17.3. The van der Waals surface area contributed by atoms with Gasteiger partial charge in [0.15, 0.2) is 11.6 Å². The number of benzene rings is 1. The highest BCUT2D eigenvalue weighted by atomic mass is 16.1. The number of aromatic nitrogens is 1. The average molecular weight is 392 g/mol. The van der Waals surface area contributed by atoms with Crippen molar-refractivity contribution in [3.63, 3.8) is 0 Å². The van der Waals surface area contributed by atoms with Gasteiger partial charge in [0.2, 0.25) is 0 Å². The van der Waals surface area contributed by atoms with E-state index in [-0.39, 0.29) is 18.0 Å². The van der Waals surface area contributed by atoms with Crippen LogP contribution in [0.2, 0.25) is 0 Å². The maximum absolute atomic E-state index is 12.1. The van der Waals surface area contributed by atoms with Crippen molar-refractivity contribution in [2.24, 2.45) is 7.05 Å². The molecule has 2 heterocycles. The molecule has 0 amide bonds. The normalized spacial score (nSPS) is 15.9. The van der Waals surface area contributed by atoms with Gasteiger partial charge in [0.05, 0.1) is 6.42 Å². The molecule has 1 saturated heterocycles. The summed E-state index contributed by atoms with van der Waals surface area (Å²) in [7, 11) is 4.07. The molecule has 3 rings (SSSR count). The summed E-state index contributed by atoms with van der Waals surface area (Å²) in [5.74, 6) is -0.381. The lowest BCUT2D eigenvalue weighted by molar-refractivity contribution is -0.121. The first kappa shape index (κ1) is 20.8. The average Bonchev–Trinajstić information content (AvgIpc) is 2.99. The van der Waals surface area contributed by atoms with Crippen LogP contribution in [-0.2, 0) is 16.6 Å². The second-order valence-corrected chi connectivity index (χ2v) is 7.56. The van der Waals surface area contributed by atoms with Crippen molar-refractivity contribution in [1.29, 1.82) is 0 Å². The van der Waals surface area contributed by atoms with E-state index in [1.54, 1.807) is 12.2 Å². The number of carbonyl (C=O) groups is 2. The van der Waals surface area contributed by atoms with Gasteiger partial charge >= 0.3 is 0 Å². The maximum atomic E-state index is 12.1. The molecule has 1 fully saturated rings.